The minimum absolute atomic E-state index is 0.110. The minimum Gasteiger partial charge on any atom is -0.491 e. The topological polar surface area (TPSA) is 26.3 Å². The van der Waals surface area contributed by atoms with Gasteiger partial charge in [0.05, 0.1) is 9.89 Å². The van der Waals surface area contributed by atoms with Gasteiger partial charge >= 0.3 is 0 Å². The molecule has 2 nitrogen and oxygen atoms in total. The third-order valence-corrected chi connectivity index (χ3v) is 4.12. The van der Waals surface area contributed by atoms with E-state index in [0.717, 1.165) is 14.4 Å². The van der Waals surface area contributed by atoms with Crippen LogP contribution in [-0.2, 0) is 6.42 Å². The molecule has 0 spiro atoms. The fourth-order valence-corrected chi connectivity index (χ4v) is 3.20. The fourth-order valence-electron chi connectivity index (χ4n) is 1.72. The van der Waals surface area contributed by atoms with Crippen LogP contribution in [0.2, 0.25) is 0 Å². The summed E-state index contributed by atoms with van der Waals surface area (Å²) in [6.07, 6.45) is 0.542. The van der Waals surface area contributed by atoms with Crippen LogP contribution < -0.4 is 4.74 Å². The second-order valence-corrected chi connectivity index (χ2v) is 7.05. The van der Waals surface area contributed by atoms with E-state index in [1.54, 1.807) is 11.3 Å². The van der Waals surface area contributed by atoms with Crippen molar-refractivity contribution in [2.75, 3.05) is 0 Å². The van der Waals surface area contributed by atoms with Gasteiger partial charge in [-0.25, -0.2) is 0 Å². The van der Waals surface area contributed by atoms with Crippen molar-refractivity contribution in [1.29, 1.82) is 0 Å². The maximum Gasteiger partial charge on any atom is 0.168 e. The number of hydrogen-bond acceptors (Lipinski definition) is 3. The highest BCUT2D eigenvalue weighted by atomic mass is 79.9. The highest BCUT2D eigenvalue weighted by Gasteiger charge is 2.10. The van der Waals surface area contributed by atoms with Gasteiger partial charge < -0.3 is 4.74 Å². The third kappa shape index (κ3) is 4.18. The predicted octanol–water partition coefficient (Wildman–Crippen LogP) is 4.72. The van der Waals surface area contributed by atoms with Gasteiger partial charge in [0.2, 0.25) is 0 Å². The van der Waals surface area contributed by atoms with Crippen molar-refractivity contribution in [3.8, 4) is 5.75 Å². The van der Waals surface area contributed by atoms with E-state index in [1.165, 1.54) is 0 Å². The number of carbonyl (C=O) groups is 1. The SMILES string of the molecule is CC(C)Oc1cccc(C(=O)Cc2ccc(Br)s2)c1. The van der Waals surface area contributed by atoms with Crippen molar-refractivity contribution in [2.45, 2.75) is 26.4 Å². The standard InChI is InChI=1S/C15H15BrO2S/c1-10(2)18-12-5-3-4-11(8-12)14(17)9-13-6-7-15(16)19-13/h3-8,10H,9H2,1-2H3. The van der Waals surface area contributed by atoms with Crippen LogP contribution in [0.1, 0.15) is 29.1 Å². The summed E-state index contributed by atoms with van der Waals surface area (Å²) in [5, 5.41) is 0. The van der Waals surface area contributed by atoms with Gasteiger partial charge in [-0.15, -0.1) is 11.3 Å². The largest absolute Gasteiger partial charge is 0.491 e. The highest BCUT2D eigenvalue weighted by molar-refractivity contribution is 9.11. The van der Waals surface area contributed by atoms with Crippen LogP contribution in [0.5, 0.6) is 5.75 Å². The maximum absolute atomic E-state index is 12.2. The molecule has 0 fully saturated rings. The van der Waals surface area contributed by atoms with Crippen LogP contribution in [0.25, 0.3) is 0 Å². The zero-order chi connectivity index (χ0) is 13.8. The van der Waals surface area contributed by atoms with Crippen molar-refractivity contribution >= 4 is 33.0 Å². The molecule has 0 atom stereocenters. The summed E-state index contributed by atoms with van der Waals surface area (Å²) >= 11 is 4.99. The molecule has 1 aromatic heterocycles. The van der Waals surface area contributed by atoms with Gasteiger partial charge in [0.15, 0.2) is 5.78 Å². The monoisotopic (exact) mass is 338 g/mol. The molecule has 0 aliphatic carbocycles. The Balaban J connectivity index is 2.10. The van der Waals surface area contributed by atoms with Gasteiger partial charge in [0, 0.05) is 16.9 Å². The molecule has 19 heavy (non-hydrogen) atoms. The van der Waals surface area contributed by atoms with E-state index in [2.05, 4.69) is 15.9 Å². The number of Topliss-reactive ketones (excluding diaryl/α,β-unsaturated/α-hetero) is 1. The number of thiophene rings is 1. The van der Waals surface area contributed by atoms with Crippen LogP contribution in [0.15, 0.2) is 40.2 Å². The molecule has 0 bridgehead atoms. The highest BCUT2D eigenvalue weighted by Crippen LogP contribution is 2.24. The van der Waals surface area contributed by atoms with Gasteiger partial charge in [0.1, 0.15) is 5.75 Å². The molecule has 0 saturated heterocycles. The molecule has 0 unspecified atom stereocenters. The summed E-state index contributed by atoms with van der Waals surface area (Å²) in [6.45, 7) is 3.94. The average molecular weight is 339 g/mol. The summed E-state index contributed by atoms with van der Waals surface area (Å²) < 4.78 is 6.65. The molecule has 2 aromatic rings. The number of halogens is 1. The summed E-state index contributed by atoms with van der Waals surface area (Å²) in [6, 6.07) is 11.3. The van der Waals surface area contributed by atoms with Gasteiger partial charge in [-0.3, -0.25) is 4.79 Å². The third-order valence-electron chi connectivity index (χ3n) is 2.49. The van der Waals surface area contributed by atoms with Crippen LogP contribution in [0.3, 0.4) is 0 Å². The molecular weight excluding hydrogens is 324 g/mol. The van der Waals surface area contributed by atoms with Crippen LogP contribution >= 0.6 is 27.3 Å². The Morgan fingerprint density at radius 3 is 2.74 bits per heavy atom. The number of ketones is 1. The Hall–Kier alpha value is -1.13. The lowest BCUT2D eigenvalue weighted by Crippen LogP contribution is -2.07. The van der Waals surface area contributed by atoms with E-state index in [1.807, 2.05) is 50.2 Å². The second-order valence-electron chi connectivity index (χ2n) is 4.50. The summed E-state index contributed by atoms with van der Waals surface area (Å²) in [5.41, 5.74) is 0.697. The molecule has 1 heterocycles. The predicted molar refractivity (Wildman–Crippen MR) is 82.3 cm³/mol. The molecule has 0 amide bonds. The average Bonchev–Trinajstić information content (AvgIpc) is 2.74. The van der Waals surface area contributed by atoms with E-state index < -0.39 is 0 Å². The van der Waals surface area contributed by atoms with Crippen LogP contribution in [-0.4, -0.2) is 11.9 Å². The maximum atomic E-state index is 12.2. The van der Waals surface area contributed by atoms with Crippen molar-refractivity contribution in [2.24, 2.45) is 0 Å². The molecule has 0 saturated carbocycles. The Morgan fingerprint density at radius 1 is 1.32 bits per heavy atom. The van der Waals surface area contributed by atoms with E-state index >= 15 is 0 Å². The fraction of sp³-hybridized carbons (Fsp3) is 0.267. The lowest BCUT2D eigenvalue weighted by atomic mass is 10.1. The molecule has 0 aliphatic rings. The van der Waals surface area contributed by atoms with Crippen molar-refractivity contribution in [3.05, 3.63) is 50.6 Å². The van der Waals surface area contributed by atoms with Crippen molar-refractivity contribution in [1.82, 2.24) is 0 Å². The van der Waals surface area contributed by atoms with E-state index in [0.29, 0.717) is 12.0 Å². The molecule has 0 radical (unpaired) electrons. The smallest absolute Gasteiger partial charge is 0.168 e. The summed E-state index contributed by atoms with van der Waals surface area (Å²) in [5.74, 6) is 0.858. The van der Waals surface area contributed by atoms with Crippen molar-refractivity contribution in [3.63, 3.8) is 0 Å². The molecule has 1 aromatic carbocycles. The first kappa shape index (κ1) is 14.3. The molecule has 0 N–H and O–H groups in total. The van der Waals surface area contributed by atoms with Gasteiger partial charge in [-0.05, 0) is 54.0 Å². The summed E-state index contributed by atoms with van der Waals surface area (Å²) in [4.78, 5) is 13.3. The lowest BCUT2D eigenvalue weighted by Gasteiger charge is -2.10. The van der Waals surface area contributed by atoms with Crippen molar-refractivity contribution < 1.29 is 9.53 Å². The molecule has 4 heteroatoms. The number of ether oxygens (including phenoxy) is 1. The zero-order valence-corrected chi connectivity index (χ0v) is 13.3. The summed E-state index contributed by atoms with van der Waals surface area (Å²) in [7, 11) is 0. The molecule has 100 valence electrons. The zero-order valence-electron chi connectivity index (χ0n) is 10.9. The normalized spacial score (nSPS) is 10.7. The number of carbonyl (C=O) groups excluding carboxylic acids is 1. The Labute approximate surface area is 125 Å². The second kappa shape index (κ2) is 6.35. The first-order valence-electron chi connectivity index (χ1n) is 6.09. The van der Waals surface area contributed by atoms with Gasteiger partial charge in [-0.1, -0.05) is 12.1 Å². The van der Waals surface area contributed by atoms with E-state index in [-0.39, 0.29) is 11.9 Å². The van der Waals surface area contributed by atoms with Crippen LogP contribution in [0, 0.1) is 0 Å². The molecule has 2 rings (SSSR count). The van der Waals surface area contributed by atoms with Gasteiger partial charge in [0.25, 0.3) is 0 Å². The Bertz CT molecular complexity index is 575. The number of rotatable bonds is 5. The Kier molecular flexibility index (Phi) is 4.77. The van der Waals surface area contributed by atoms with E-state index in [4.69, 9.17) is 4.74 Å². The van der Waals surface area contributed by atoms with Gasteiger partial charge in [-0.2, -0.15) is 0 Å². The number of benzene rings is 1. The Morgan fingerprint density at radius 2 is 2.11 bits per heavy atom. The first-order valence-corrected chi connectivity index (χ1v) is 7.69. The molecular formula is C15H15BrO2S. The molecule has 0 aliphatic heterocycles. The lowest BCUT2D eigenvalue weighted by molar-refractivity contribution is 0.0993. The number of hydrogen-bond donors (Lipinski definition) is 0. The quantitative estimate of drug-likeness (QED) is 0.737. The first-order chi connectivity index (χ1) is 9.04. The minimum atomic E-state index is 0.110. The van der Waals surface area contributed by atoms with Crippen LogP contribution in [0.4, 0.5) is 0 Å². The van der Waals surface area contributed by atoms with E-state index in [9.17, 15) is 4.79 Å².